The van der Waals surface area contributed by atoms with Gasteiger partial charge in [0.2, 0.25) is 0 Å². The molecule has 0 aromatic heterocycles. The Labute approximate surface area is 229 Å². The van der Waals surface area contributed by atoms with Gasteiger partial charge in [0, 0.05) is 17.9 Å². The molecule has 6 fully saturated rings. The van der Waals surface area contributed by atoms with Crippen LogP contribution in [0, 0.1) is 28.6 Å². The maximum Gasteiger partial charge on any atom is 0.295 e. The number of amides is 1. The van der Waals surface area contributed by atoms with Crippen LogP contribution >= 0.6 is 0 Å². The molecule has 208 valence electrons. The summed E-state index contributed by atoms with van der Waals surface area (Å²) in [5.74, 6) is 2.36. The number of carbonyl (C=O) groups excluding carboxylic acids is 2. The largest absolute Gasteiger partial charge is 0.447 e. The number of nitrogens with zero attached hydrogens (tertiary/aromatic N) is 2. The van der Waals surface area contributed by atoms with E-state index in [4.69, 9.17) is 9.73 Å². The molecule has 0 aromatic rings. The van der Waals surface area contributed by atoms with Crippen LogP contribution in [-0.2, 0) is 14.3 Å². The highest BCUT2D eigenvalue weighted by Gasteiger charge is 2.72. The van der Waals surface area contributed by atoms with Crippen LogP contribution in [0.5, 0.6) is 0 Å². The van der Waals surface area contributed by atoms with Gasteiger partial charge in [0.05, 0.1) is 6.04 Å². The van der Waals surface area contributed by atoms with Crippen LogP contribution in [0.4, 0.5) is 0 Å². The number of amidine groups is 1. The molecule has 5 nitrogen and oxygen atoms in total. The average Bonchev–Trinajstić information content (AvgIpc) is 3.38. The summed E-state index contributed by atoms with van der Waals surface area (Å²) in [4.78, 5) is 34.3. The zero-order valence-corrected chi connectivity index (χ0v) is 23.8. The summed E-state index contributed by atoms with van der Waals surface area (Å²) >= 11 is 0. The third-order valence-corrected chi connectivity index (χ3v) is 12.9. The highest BCUT2D eigenvalue weighted by atomic mass is 16.6. The van der Waals surface area contributed by atoms with Crippen molar-refractivity contribution in [3.05, 3.63) is 11.6 Å². The fourth-order valence-electron chi connectivity index (χ4n) is 10.7. The van der Waals surface area contributed by atoms with E-state index in [-0.39, 0.29) is 22.8 Å². The predicted octanol–water partition coefficient (Wildman–Crippen LogP) is 7.14. The van der Waals surface area contributed by atoms with Crippen LogP contribution in [0.3, 0.4) is 0 Å². The smallest absolute Gasteiger partial charge is 0.295 e. The second-order valence-electron chi connectivity index (χ2n) is 14.6. The van der Waals surface area contributed by atoms with Crippen LogP contribution < -0.4 is 0 Å². The fourth-order valence-corrected chi connectivity index (χ4v) is 10.7. The first-order chi connectivity index (χ1) is 18.4. The van der Waals surface area contributed by atoms with Crippen molar-refractivity contribution < 1.29 is 14.3 Å². The fraction of sp³-hybridized carbons (Fsp3) is 0.848. The maximum atomic E-state index is 14.7. The minimum atomic E-state index is -0.729. The molecule has 1 spiro atoms. The minimum absolute atomic E-state index is 0.135. The second-order valence-corrected chi connectivity index (χ2v) is 14.6. The summed E-state index contributed by atoms with van der Waals surface area (Å²) < 4.78 is 7.06. The Kier molecular flexibility index (Phi) is 6.13. The molecule has 0 radical (unpaired) electrons. The normalized spacial score (nSPS) is 45.1. The highest BCUT2D eigenvalue weighted by Crippen LogP contribution is 2.69. The SMILES string of the molecule is C[C@]12CCC(=O)C=C1CC[C@@H]1[C@@H]2CC[C@@]2(C)[C@H]1CC[C@@]21OC(=NC2CCCCC2)N(C2CCCCC2)C1=O. The monoisotopic (exact) mass is 520 g/mol. The summed E-state index contributed by atoms with van der Waals surface area (Å²) in [5, 5.41) is 0. The zero-order valence-electron chi connectivity index (χ0n) is 23.8. The van der Waals surface area contributed by atoms with E-state index in [2.05, 4.69) is 18.7 Å². The van der Waals surface area contributed by atoms with Gasteiger partial charge >= 0.3 is 0 Å². The Morgan fingerprint density at radius 1 is 0.816 bits per heavy atom. The maximum absolute atomic E-state index is 14.7. The number of rotatable bonds is 2. The van der Waals surface area contributed by atoms with Crippen molar-refractivity contribution in [3.8, 4) is 0 Å². The summed E-state index contributed by atoms with van der Waals surface area (Å²) in [7, 11) is 0. The van der Waals surface area contributed by atoms with Gasteiger partial charge in [0.25, 0.3) is 11.9 Å². The van der Waals surface area contributed by atoms with Gasteiger partial charge in [-0.3, -0.25) is 14.5 Å². The Morgan fingerprint density at radius 3 is 2.29 bits per heavy atom. The van der Waals surface area contributed by atoms with Gasteiger partial charge in [-0.25, -0.2) is 4.99 Å². The topological polar surface area (TPSA) is 59.0 Å². The van der Waals surface area contributed by atoms with Crippen LogP contribution in [0.15, 0.2) is 16.6 Å². The summed E-state index contributed by atoms with van der Waals surface area (Å²) in [6.07, 6.45) is 22.0. The number of aliphatic imine (C=N–C) groups is 1. The lowest BCUT2D eigenvalue weighted by atomic mass is 9.46. The van der Waals surface area contributed by atoms with Gasteiger partial charge < -0.3 is 4.74 Å². The lowest BCUT2D eigenvalue weighted by molar-refractivity contribution is -0.156. The van der Waals surface area contributed by atoms with Crippen LogP contribution in [-0.4, -0.2) is 40.3 Å². The highest BCUT2D eigenvalue weighted by molar-refractivity contribution is 6.06. The number of fused-ring (bicyclic) bond motifs is 6. The number of ether oxygens (including phenoxy) is 1. The Morgan fingerprint density at radius 2 is 1.53 bits per heavy atom. The van der Waals surface area contributed by atoms with E-state index < -0.39 is 5.60 Å². The van der Waals surface area contributed by atoms with Gasteiger partial charge in [-0.15, -0.1) is 0 Å². The van der Waals surface area contributed by atoms with Crippen LogP contribution in [0.25, 0.3) is 0 Å². The number of ketones is 1. The lowest BCUT2D eigenvalue weighted by Gasteiger charge is -2.58. The zero-order chi connectivity index (χ0) is 26.1. The van der Waals surface area contributed by atoms with Gasteiger partial charge in [-0.05, 0) is 99.9 Å². The van der Waals surface area contributed by atoms with Crippen LogP contribution in [0.1, 0.15) is 129 Å². The Balaban J connectivity index is 1.22. The summed E-state index contributed by atoms with van der Waals surface area (Å²) in [6.45, 7) is 4.87. The standard InChI is InChI=1S/C33H48N2O3/c1-31-18-15-25(36)21-22(31)13-14-26-27(31)16-19-32(2)28(26)17-20-33(32)29(37)35(24-11-7-4-8-12-24)30(38-33)34-23-9-5-3-6-10-23/h21,23-24,26-28H,3-20H2,1-2H3/t26-,27+,28+,31+,32+,33+/m1/s1. The molecule has 0 aromatic carbocycles. The quantitative estimate of drug-likeness (QED) is 0.389. The summed E-state index contributed by atoms with van der Waals surface area (Å²) in [6, 6.07) is 1.27. The minimum Gasteiger partial charge on any atom is -0.447 e. The van der Waals surface area contributed by atoms with E-state index in [0.717, 1.165) is 64.2 Å². The molecule has 1 saturated heterocycles. The number of carbonyl (C=O) groups is 2. The van der Waals surface area contributed by atoms with Gasteiger partial charge in [0.15, 0.2) is 11.4 Å². The molecule has 6 aliphatic carbocycles. The lowest BCUT2D eigenvalue weighted by Crippen LogP contribution is -2.58. The first kappa shape index (κ1) is 25.3. The van der Waals surface area contributed by atoms with Crippen molar-refractivity contribution in [2.75, 3.05) is 0 Å². The third kappa shape index (κ3) is 3.58. The average molecular weight is 521 g/mol. The molecule has 5 saturated carbocycles. The molecule has 5 heteroatoms. The van der Waals surface area contributed by atoms with Crippen molar-refractivity contribution >= 4 is 17.7 Å². The van der Waals surface area contributed by atoms with E-state index >= 15 is 0 Å². The Hall–Kier alpha value is -1.65. The Bertz CT molecular complexity index is 1050. The van der Waals surface area contributed by atoms with Gasteiger partial charge in [-0.2, -0.15) is 0 Å². The van der Waals surface area contributed by atoms with E-state index in [1.54, 1.807) is 0 Å². The molecule has 38 heavy (non-hydrogen) atoms. The number of hydrogen-bond donors (Lipinski definition) is 0. The molecule has 0 N–H and O–H groups in total. The second kappa shape index (κ2) is 9.20. The molecule has 1 aliphatic heterocycles. The van der Waals surface area contributed by atoms with Crippen molar-refractivity contribution in [1.29, 1.82) is 0 Å². The van der Waals surface area contributed by atoms with E-state index in [1.165, 1.54) is 50.5 Å². The molecule has 0 unspecified atom stereocenters. The number of allylic oxidation sites excluding steroid dienone is 1. The predicted molar refractivity (Wildman–Crippen MR) is 149 cm³/mol. The molecular formula is C33H48N2O3. The first-order valence-electron chi connectivity index (χ1n) is 16.2. The van der Waals surface area contributed by atoms with Crippen molar-refractivity contribution in [2.45, 2.75) is 147 Å². The molecule has 7 aliphatic rings. The molecule has 0 bridgehead atoms. The van der Waals surface area contributed by atoms with Gasteiger partial charge in [-0.1, -0.05) is 57.9 Å². The van der Waals surface area contributed by atoms with Crippen molar-refractivity contribution in [1.82, 2.24) is 4.90 Å². The molecule has 1 amide bonds. The van der Waals surface area contributed by atoms with E-state index in [0.29, 0.717) is 42.0 Å². The molecule has 6 atom stereocenters. The van der Waals surface area contributed by atoms with Crippen molar-refractivity contribution in [3.63, 3.8) is 0 Å². The molecule has 1 heterocycles. The van der Waals surface area contributed by atoms with Crippen LogP contribution in [0.2, 0.25) is 0 Å². The van der Waals surface area contributed by atoms with Crippen molar-refractivity contribution in [2.24, 2.45) is 33.6 Å². The van der Waals surface area contributed by atoms with E-state index in [9.17, 15) is 9.59 Å². The third-order valence-electron chi connectivity index (χ3n) is 12.9. The first-order valence-corrected chi connectivity index (χ1v) is 16.2. The summed E-state index contributed by atoms with van der Waals surface area (Å²) in [5.41, 5.74) is 0.720. The molecule has 7 rings (SSSR count). The van der Waals surface area contributed by atoms with E-state index in [1.807, 2.05) is 6.08 Å². The molecular weight excluding hydrogens is 472 g/mol. The number of hydrogen-bond acceptors (Lipinski definition) is 4. The van der Waals surface area contributed by atoms with Gasteiger partial charge in [0.1, 0.15) is 0 Å².